The molecule has 0 saturated carbocycles. The molecular formula is C15H21N5. The molecule has 0 aliphatic carbocycles. The van der Waals surface area contributed by atoms with Crippen LogP contribution in [0.2, 0.25) is 0 Å². The van der Waals surface area contributed by atoms with Gasteiger partial charge in [-0.15, -0.1) is 0 Å². The molecule has 5 nitrogen and oxygen atoms in total. The van der Waals surface area contributed by atoms with Gasteiger partial charge in [-0.1, -0.05) is 0 Å². The van der Waals surface area contributed by atoms with Crippen LogP contribution in [0.15, 0.2) is 24.5 Å². The molecule has 1 N–H and O–H groups in total. The van der Waals surface area contributed by atoms with Crippen molar-refractivity contribution in [3.8, 4) is 0 Å². The summed E-state index contributed by atoms with van der Waals surface area (Å²) >= 11 is 0. The second kappa shape index (κ2) is 5.05. The number of hydrogen-bond donors (Lipinski definition) is 1. The number of piperidine rings is 1. The Morgan fingerprint density at radius 3 is 2.85 bits per heavy atom. The van der Waals surface area contributed by atoms with Gasteiger partial charge in [0.15, 0.2) is 5.65 Å². The highest BCUT2D eigenvalue weighted by Gasteiger charge is 2.28. The maximum absolute atomic E-state index is 4.69. The minimum atomic E-state index is 0.766. The van der Waals surface area contributed by atoms with Gasteiger partial charge in [-0.25, -0.2) is 9.50 Å². The van der Waals surface area contributed by atoms with Crippen molar-refractivity contribution in [1.29, 1.82) is 0 Å². The Morgan fingerprint density at radius 2 is 2.05 bits per heavy atom. The lowest BCUT2D eigenvalue weighted by Gasteiger charge is -2.35. The summed E-state index contributed by atoms with van der Waals surface area (Å²) in [4.78, 5) is 7.11. The lowest BCUT2D eigenvalue weighted by atomic mass is 9.88. The molecule has 0 bridgehead atoms. The average molecular weight is 271 g/mol. The van der Waals surface area contributed by atoms with Crippen molar-refractivity contribution in [3.05, 3.63) is 24.5 Å². The molecule has 2 aliphatic heterocycles. The quantitative estimate of drug-likeness (QED) is 0.903. The van der Waals surface area contributed by atoms with Crippen molar-refractivity contribution in [3.63, 3.8) is 0 Å². The Balaban J connectivity index is 1.45. The van der Waals surface area contributed by atoms with E-state index < -0.39 is 0 Å². The molecule has 4 heterocycles. The molecule has 2 aliphatic rings. The number of aromatic nitrogens is 3. The Bertz CT molecular complexity index is 579. The lowest BCUT2D eigenvalue weighted by molar-refractivity contribution is 0.318. The molecule has 106 valence electrons. The summed E-state index contributed by atoms with van der Waals surface area (Å²) < 4.78 is 1.82. The highest BCUT2D eigenvalue weighted by Crippen LogP contribution is 2.27. The van der Waals surface area contributed by atoms with E-state index in [4.69, 9.17) is 4.98 Å². The number of nitrogens with one attached hydrogen (secondary N) is 1. The van der Waals surface area contributed by atoms with Crippen LogP contribution < -0.4 is 10.2 Å². The van der Waals surface area contributed by atoms with Gasteiger partial charge in [0.2, 0.25) is 0 Å². The van der Waals surface area contributed by atoms with E-state index in [1.54, 1.807) is 6.20 Å². The summed E-state index contributed by atoms with van der Waals surface area (Å²) in [6.07, 6.45) is 9.08. The second-order valence-corrected chi connectivity index (χ2v) is 5.95. The fraction of sp³-hybridized carbons (Fsp3) is 0.600. The Kier molecular flexibility index (Phi) is 3.07. The molecule has 2 aromatic rings. The summed E-state index contributed by atoms with van der Waals surface area (Å²) in [6, 6.07) is 4.80. The fourth-order valence-corrected chi connectivity index (χ4v) is 3.62. The molecule has 4 rings (SSSR count). The molecule has 0 radical (unpaired) electrons. The number of nitrogens with zero attached hydrogens (tertiary/aromatic N) is 4. The second-order valence-electron chi connectivity index (χ2n) is 5.95. The predicted octanol–water partition coefficient (Wildman–Crippen LogP) is 1.70. The third-order valence-electron chi connectivity index (χ3n) is 4.77. The predicted molar refractivity (Wildman–Crippen MR) is 78.9 cm³/mol. The fourth-order valence-electron chi connectivity index (χ4n) is 3.62. The molecule has 0 spiro atoms. The molecule has 2 aromatic heterocycles. The van der Waals surface area contributed by atoms with Gasteiger partial charge in [0, 0.05) is 31.4 Å². The van der Waals surface area contributed by atoms with Crippen LogP contribution in [0.25, 0.3) is 5.65 Å². The smallest absolute Gasteiger partial charge is 0.157 e. The lowest BCUT2D eigenvalue weighted by Crippen LogP contribution is -2.41. The zero-order valence-electron chi connectivity index (χ0n) is 11.7. The highest BCUT2D eigenvalue weighted by molar-refractivity contribution is 5.47. The average Bonchev–Trinajstić information content (AvgIpc) is 3.18. The van der Waals surface area contributed by atoms with E-state index in [1.807, 2.05) is 16.8 Å². The molecule has 2 saturated heterocycles. The normalized spacial score (nSPS) is 24.6. The SMILES string of the molecule is c1cc2nc(N3CCC(C4CCCN4)CC3)ccn2n1. The number of fused-ring (bicyclic) bond motifs is 1. The Morgan fingerprint density at radius 1 is 1.15 bits per heavy atom. The van der Waals surface area contributed by atoms with E-state index in [-0.39, 0.29) is 0 Å². The highest BCUT2D eigenvalue weighted by atomic mass is 15.3. The molecule has 1 atom stereocenters. The van der Waals surface area contributed by atoms with E-state index in [9.17, 15) is 0 Å². The minimum absolute atomic E-state index is 0.766. The van der Waals surface area contributed by atoms with Crippen molar-refractivity contribution in [1.82, 2.24) is 19.9 Å². The van der Waals surface area contributed by atoms with Crippen LogP contribution >= 0.6 is 0 Å². The molecule has 0 aromatic carbocycles. The van der Waals surface area contributed by atoms with E-state index in [1.165, 1.54) is 32.2 Å². The maximum atomic E-state index is 4.69. The summed E-state index contributed by atoms with van der Waals surface area (Å²) in [5, 5.41) is 7.85. The summed E-state index contributed by atoms with van der Waals surface area (Å²) in [7, 11) is 0. The van der Waals surface area contributed by atoms with Crippen molar-refractivity contribution in [2.45, 2.75) is 31.7 Å². The summed E-state index contributed by atoms with van der Waals surface area (Å²) in [6.45, 7) is 3.46. The minimum Gasteiger partial charge on any atom is -0.356 e. The monoisotopic (exact) mass is 271 g/mol. The van der Waals surface area contributed by atoms with Gasteiger partial charge in [0.25, 0.3) is 0 Å². The number of hydrogen-bond acceptors (Lipinski definition) is 4. The van der Waals surface area contributed by atoms with Gasteiger partial charge in [0.05, 0.1) is 6.20 Å². The van der Waals surface area contributed by atoms with Gasteiger partial charge < -0.3 is 10.2 Å². The first-order valence-electron chi connectivity index (χ1n) is 7.69. The van der Waals surface area contributed by atoms with E-state index >= 15 is 0 Å². The number of rotatable bonds is 2. The van der Waals surface area contributed by atoms with Crippen LogP contribution in [0, 0.1) is 5.92 Å². The Hall–Kier alpha value is -1.62. The first kappa shape index (κ1) is 12.1. The summed E-state index contributed by atoms with van der Waals surface area (Å²) in [5.74, 6) is 1.95. The zero-order valence-corrected chi connectivity index (χ0v) is 11.7. The van der Waals surface area contributed by atoms with E-state index in [0.29, 0.717) is 0 Å². The van der Waals surface area contributed by atoms with Gasteiger partial charge in [-0.2, -0.15) is 5.10 Å². The van der Waals surface area contributed by atoms with Gasteiger partial charge in [0.1, 0.15) is 5.82 Å². The van der Waals surface area contributed by atoms with Crippen molar-refractivity contribution in [2.75, 3.05) is 24.5 Å². The van der Waals surface area contributed by atoms with Gasteiger partial charge in [-0.3, -0.25) is 0 Å². The molecular weight excluding hydrogens is 250 g/mol. The zero-order chi connectivity index (χ0) is 13.4. The van der Waals surface area contributed by atoms with Crippen molar-refractivity contribution in [2.24, 2.45) is 5.92 Å². The molecule has 0 amide bonds. The molecule has 5 heteroatoms. The van der Waals surface area contributed by atoms with Gasteiger partial charge in [-0.05, 0) is 44.2 Å². The molecule has 1 unspecified atom stereocenters. The first-order chi connectivity index (χ1) is 9.90. The van der Waals surface area contributed by atoms with E-state index in [2.05, 4.69) is 21.4 Å². The largest absolute Gasteiger partial charge is 0.356 e. The van der Waals surface area contributed by atoms with Crippen LogP contribution in [0.4, 0.5) is 5.82 Å². The van der Waals surface area contributed by atoms with Crippen LogP contribution in [0.3, 0.4) is 0 Å². The van der Waals surface area contributed by atoms with Crippen molar-refractivity contribution < 1.29 is 0 Å². The van der Waals surface area contributed by atoms with Crippen LogP contribution in [0.5, 0.6) is 0 Å². The third-order valence-corrected chi connectivity index (χ3v) is 4.77. The number of anilines is 1. The van der Waals surface area contributed by atoms with Crippen molar-refractivity contribution >= 4 is 11.5 Å². The molecule has 20 heavy (non-hydrogen) atoms. The topological polar surface area (TPSA) is 45.5 Å². The van der Waals surface area contributed by atoms with Crippen LogP contribution in [0.1, 0.15) is 25.7 Å². The van der Waals surface area contributed by atoms with Crippen LogP contribution in [-0.2, 0) is 0 Å². The molecule has 2 fully saturated rings. The third kappa shape index (κ3) is 2.16. The standard InChI is InChI=1S/C15H21N5/c1-2-13(16-7-1)12-4-9-19(10-5-12)14-6-11-20-15(18-14)3-8-17-20/h3,6,8,11-13,16H,1-2,4-5,7,9-10H2. The summed E-state index contributed by atoms with van der Waals surface area (Å²) in [5.41, 5.74) is 0.932. The van der Waals surface area contributed by atoms with E-state index in [0.717, 1.165) is 36.5 Å². The van der Waals surface area contributed by atoms with Crippen LogP contribution in [-0.4, -0.2) is 40.3 Å². The Labute approximate surface area is 119 Å². The van der Waals surface area contributed by atoms with Gasteiger partial charge >= 0.3 is 0 Å². The maximum Gasteiger partial charge on any atom is 0.157 e. The first-order valence-corrected chi connectivity index (χ1v) is 7.69.